The Labute approximate surface area is 157 Å². The Morgan fingerprint density at radius 3 is 1.56 bits per heavy atom. The summed E-state index contributed by atoms with van der Waals surface area (Å²) in [5, 5.41) is 9.24. The lowest BCUT2D eigenvalue weighted by atomic mass is 10.0. The molecule has 0 saturated carbocycles. The first-order valence-electron chi connectivity index (χ1n) is 11.1. The summed E-state index contributed by atoms with van der Waals surface area (Å²) in [6, 6.07) is 0. The zero-order valence-corrected chi connectivity index (χ0v) is 17.3. The van der Waals surface area contributed by atoms with Gasteiger partial charge in [0.15, 0.2) is 0 Å². The van der Waals surface area contributed by atoms with E-state index >= 15 is 0 Å². The molecular formula is C22H46O3. The minimum atomic E-state index is -0.145. The van der Waals surface area contributed by atoms with Gasteiger partial charge in [0.05, 0.1) is 13.2 Å². The standard InChI is InChI=1S/C22H46O3/c1-3-5-7-8-9-10-11-12-13-14-15-16-17-18-24-21-22(20-23)25-19-6-4-2/h22-23H,3-21H2,1-2H3. The van der Waals surface area contributed by atoms with Crippen LogP contribution in [0.2, 0.25) is 0 Å². The van der Waals surface area contributed by atoms with Crippen molar-refractivity contribution < 1.29 is 14.6 Å². The van der Waals surface area contributed by atoms with Gasteiger partial charge in [-0.15, -0.1) is 0 Å². The molecule has 25 heavy (non-hydrogen) atoms. The van der Waals surface area contributed by atoms with E-state index in [0.29, 0.717) is 6.61 Å². The number of unbranched alkanes of at least 4 members (excludes halogenated alkanes) is 13. The van der Waals surface area contributed by atoms with E-state index in [-0.39, 0.29) is 12.7 Å². The first kappa shape index (κ1) is 24.9. The van der Waals surface area contributed by atoms with Gasteiger partial charge in [0.25, 0.3) is 0 Å². The third-order valence-corrected chi connectivity index (χ3v) is 4.75. The van der Waals surface area contributed by atoms with Gasteiger partial charge in [0, 0.05) is 13.2 Å². The lowest BCUT2D eigenvalue weighted by molar-refractivity contribution is -0.0434. The van der Waals surface area contributed by atoms with E-state index in [0.717, 1.165) is 32.5 Å². The fraction of sp³-hybridized carbons (Fsp3) is 1.00. The van der Waals surface area contributed by atoms with Gasteiger partial charge < -0.3 is 14.6 Å². The Balaban J connectivity index is 3.15. The molecule has 0 spiro atoms. The molecule has 0 heterocycles. The molecule has 0 fully saturated rings. The van der Waals surface area contributed by atoms with Crippen molar-refractivity contribution in [3.05, 3.63) is 0 Å². The number of hydrogen-bond donors (Lipinski definition) is 1. The van der Waals surface area contributed by atoms with E-state index in [1.165, 1.54) is 77.0 Å². The molecule has 1 atom stereocenters. The summed E-state index contributed by atoms with van der Waals surface area (Å²) in [6.07, 6.45) is 19.9. The molecule has 0 aromatic rings. The van der Waals surface area contributed by atoms with Crippen LogP contribution in [0.1, 0.15) is 110 Å². The molecule has 0 saturated heterocycles. The maximum atomic E-state index is 9.24. The van der Waals surface area contributed by atoms with Crippen molar-refractivity contribution >= 4 is 0 Å². The topological polar surface area (TPSA) is 38.7 Å². The van der Waals surface area contributed by atoms with Crippen molar-refractivity contribution in [3.63, 3.8) is 0 Å². The Kier molecular flexibility index (Phi) is 21.8. The second-order valence-corrected chi connectivity index (χ2v) is 7.35. The van der Waals surface area contributed by atoms with E-state index < -0.39 is 0 Å². The van der Waals surface area contributed by atoms with Gasteiger partial charge in [0.2, 0.25) is 0 Å². The molecule has 0 aliphatic rings. The Morgan fingerprint density at radius 2 is 1.08 bits per heavy atom. The van der Waals surface area contributed by atoms with E-state index in [1.54, 1.807) is 0 Å². The second-order valence-electron chi connectivity index (χ2n) is 7.35. The van der Waals surface area contributed by atoms with Crippen LogP contribution in [0.3, 0.4) is 0 Å². The van der Waals surface area contributed by atoms with Gasteiger partial charge >= 0.3 is 0 Å². The summed E-state index contributed by atoms with van der Waals surface area (Å²) < 4.78 is 11.2. The highest BCUT2D eigenvalue weighted by Crippen LogP contribution is 2.12. The highest BCUT2D eigenvalue weighted by atomic mass is 16.5. The molecule has 0 rings (SSSR count). The van der Waals surface area contributed by atoms with E-state index in [9.17, 15) is 5.11 Å². The third-order valence-electron chi connectivity index (χ3n) is 4.75. The summed E-state index contributed by atoms with van der Waals surface area (Å²) in [4.78, 5) is 0. The SMILES string of the molecule is CCCCCCCCCCCCCCCOCC(CO)OCCCC. The maximum Gasteiger partial charge on any atom is 0.104 e. The van der Waals surface area contributed by atoms with Crippen molar-refractivity contribution in [1.29, 1.82) is 0 Å². The van der Waals surface area contributed by atoms with Gasteiger partial charge in [-0.25, -0.2) is 0 Å². The van der Waals surface area contributed by atoms with Crippen LogP contribution in [0, 0.1) is 0 Å². The quantitative estimate of drug-likeness (QED) is 0.246. The van der Waals surface area contributed by atoms with Crippen LogP contribution in [0.25, 0.3) is 0 Å². The Hall–Kier alpha value is -0.120. The summed E-state index contributed by atoms with van der Waals surface area (Å²) in [6.45, 7) is 6.53. The first-order chi connectivity index (χ1) is 12.3. The summed E-state index contributed by atoms with van der Waals surface area (Å²) in [7, 11) is 0. The molecule has 1 unspecified atom stereocenters. The molecule has 1 N–H and O–H groups in total. The number of aliphatic hydroxyl groups is 1. The molecule has 0 aromatic heterocycles. The molecule has 0 bridgehead atoms. The predicted octanol–water partition coefficient (Wildman–Crippen LogP) is 6.27. The maximum absolute atomic E-state index is 9.24. The van der Waals surface area contributed by atoms with Gasteiger partial charge in [0.1, 0.15) is 6.10 Å². The molecule has 0 radical (unpaired) electrons. The average molecular weight is 359 g/mol. The largest absolute Gasteiger partial charge is 0.394 e. The number of rotatable bonds is 21. The summed E-state index contributed by atoms with van der Waals surface area (Å²) >= 11 is 0. The van der Waals surface area contributed by atoms with E-state index in [4.69, 9.17) is 9.47 Å². The molecule has 0 aromatic carbocycles. The fourth-order valence-electron chi connectivity index (χ4n) is 2.98. The zero-order valence-electron chi connectivity index (χ0n) is 17.3. The second kappa shape index (κ2) is 21.9. The Morgan fingerprint density at radius 1 is 0.600 bits per heavy atom. The van der Waals surface area contributed by atoms with Crippen molar-refractivity contribution in [3.8, 4) is 0 Å². The van der Waals surface area contributed by atoms with Crippen LogP contribution in [-0.2, 0) is 9.47 Å². The fourth-order valence-corrected chi connectivity index (χ4v) is 2.98. The first-order valence-corrected chi connectivity index (χ1v) is 11.1. The lowest BCUT2D eigenvalue weighted by Gasteiger charge is -2.15. The molecule has 152 valence electrons. The number of ether oxygens (including phenoxy) is 2. The van der Waals surface area contributed by atoms with E-state index in [2.05, 4.69) is 13.8 Å². The molecule has 3 heteroatoms. The summed E-state index contributed by atoms with van der Waals surface area (Å²) in [5.41, 5.74) is 0. The third kappa shape index (κ3) is 20.0. The molecule has 0 aliphatic carbocycles. The van der Waals surface area contributed by atoms with Crippen molar-refractivity contribution in [2.45, 2.75) is 116 Å². The molecule has 0 amide bonds. The monoisotopic (exact) mass is 358 g/mol. The van der Waals surface area contributed by atoms with Crippen LogP contribution >= 0.6 is 0 Å². The number of aliphatic hydroxyl groups excluding tert-OH is 1. The van der Waals surface area contributed by atoms with Gasteiger partial charge in [-0.3, -0.25) is 0 Å². The average Bonchev–Trinajstić information content (AvgIpc) is 2.63. The van der Waals surface area contributed by atoms with Crippen LogP contribution in [-0.4, -0.2) is 37.6 Å². The van der Waals surface area contributed by atoms with Crippen LogP contribution in [0.4, 0.5) is 0 Å². The van der Waals surface area contributed by atoms with Crippen LogP contribution in [0.5, 0.6) is 0 Å². The van der Waals surface area contributed by atoms with Crippen molar-refractivity contribution in [1.82, 2.24) is 0 Å². The molecular weight excluding hydrogens is 312 g/mol. The smallest absolute Gasteiger partial charge is 0.104 e. The number of hydrogen-bond acceptors (Lipinski definition) is 3. The predicted molar refractivity (Wildman–Crippen MR) is 108 cm³/mol. The van der Waals surface area contributed by atoms with Gasteiger partial charge in [-0.05, 0) is 12.8 Å². The zero-order chi connectivity index (χ0) is 18.4. The highest BCUT2D eigenvalue weighted by molar-refractivity contribution is 4.54. The van der Waals surface area contributed by atoms with Crippen LogP contribution < -0.4 is 0 Å². The van der Waals surface area contributed by atoms with Crippen LogP contribution in [0.15, 0.2) is 0 Å². The Bertz CT molecular complexity index is 233. The van der Waals surface area contributed by atoms with Gasteiger partial charge in [-0.2, -0.15) is 0 Å². The van der Waals surface area contributed by atoms with Gasteiger partial charge in [-0.1, -0.05) is 97.3 Å². The minimum Gasteiger partial charge on any atom is -0.394 e. The highest BCUT2D eigenvalue weighted by Gasteiger charge is 2.07. The molecule has 0 aliphatic heterocycles. The minimum absolute atomic E-state index is 0.0579. The summed E-state index contributed by atoms with van der Waals surface area (Å²) in [5.74, 6) is 0. The van der Waals surface area contributed by atoms with Crippen molar-refractivity contribution in [2.24, 2.45) is 0 Å². The lowest BCUT2D eigenvalue weighted by Crippen LogP contribution is -2.24. The van der Waals surface area contributed by atoms with Crippen molar-refractivity contribution in [2.75, 3.05) is 26.4 Å². The molecule has 3 nitrogen and oxygen atoms in total. The normalized spacial score (nSPS) is 12.6. The van der Waals surface area contributed by atoms with E-state index in [1.807, 2.05) is 0 Å².